The van der Waals surface area contributed by atoms with Crippen LogP contribution in [-0.2, 0) is 16.4 Å². The fraction of sp³-hybridized carbons (Fsp3) is 0.167. The van der Waals surface area contributed by atoms with E-state index >= 15 is 0 Å². The third kappa shape index (κ3) is 4.50. The predicted molar refractivity (Wildman–Crippen MR) is 97.6 cm³/mol. The maximum absolute atomic E-state index is 13.0. The Balaban J connectivity index is 1.61. The van der Waals surface area contributed by atoms with E-state index < -0.39 is 10.0 Å². The van der Waals surface area contributed by atoms with E-state index in [1.165, 1.54) is 23.5 Å². The first-order valence-corrected chi connectivity index (χ1v) is 10.1. The highest BCUT2D eigenvalue weighted by Gasteiger charge is 2.13. The first-order valence-electron chi connectivity index (χ1n) is 7.71. The molecule has 0 saturated heterocycles. The second kappa shape index (κ2) is 7.43. The summed E-state index contributed by atoms with van der Waals surface area (Å²) < 4.78 is 40.0. The van der Waals surface area contributed by atoms with Gasteiger partial charge in [0.05, 0.1) is 10.6 Å². The Labute approximate surface area is 150 Å². The molecule has 7 heteroatoms. The third-order valence-corrected chi connectivity index (χ3v) is 6.06. The van der Waals surface area contributed by atoms with Crippen molar-refractivity contribution in [1.82, 2.24) is 9.71 Å². The minimum atomic E-state index is -3.51. The molecule has 3 rings (SSSR count). The van der Waals surface area contributed by atoms with Crippen LogP contribution in [-0.4, -0.2) is 19.9 Å². The summed E-state index contributed by atoms with van der Waals surface area (Å²) >= 11 is 1.45. The SMILES string of the molecule is Cc1ccc(S(=O)(=O)NCCc2csc(-c3ccc(F)cc3)n2)cc1. The summed E-state index contributed by atoms with van der Waals surface area (Å²) in [5, 5.41) is 2.68. The van der Waals surface area contributed by atoms with Crippen LogP contribution in [0.25, 0.3) is 10.6 Å². The molecule has 4 nitrogen and oxygen atoms in total. The lowest BCUT2D eigenvalue weighted by molar-refractivity contribution is 0.581. The van der Waals surface area contributed by atoms with Gasteiger partial charge in [-0.3, -0.25) is 0 Å². The molecule has 0 aliphatic carbocycles. The van der Waals surface area contributed by atoms with E-state index in [9.17, 15) is 12.8 Å². The molecule has 1 N–H and O–H groups in total. The van der Waals surface area contributed by atoms with Crippen LogP contribution < -0.4 is 4.72 Å². The van der Waals surface area contributed by atoms with Gasteiger partial charge in [-0.2, -0.15) is 0 Å². The number of sulfonamides is 1. The highest BCUT2D eigenvalue weighted by molar-refractivity contribution is 7.89. The fourth-order valence-corrected chi connectivity index (χ4v) is 4.15. The normalized spacial score (nSPS) is 11.6. The average molecular weight is 376 g/mol. The zero-order valence-electron chi connectivity index (χ0n) is 13.6. The first kappa shape index (κ1) is 17.7. The first-order chi connectivity index (χ1) is 11.9. The van der Waals surface area contributed by atoms with Crippen LogP contribution in [0.1, 0.15) is 11.3 Å². The van der Waals surface area contributed by atoms with Gasteiger partial charge in [-0.1, -0.05) is 17.7 Å². The zero-order chi connectivity index (χ0) is 17.9. The number of hydrogen-bond donors (Lipinski definition) is 1. The number of hydrogen-bond acceptors (Lipinski definition) is 4. The molecule has 0 unspecified atom stereocenters. The van der Waals surface area contributed by atoms with E-state index in [-0.39, 0.29) is 17.3 Å². The third-order valence-electron chi connectivity index (χ3n) is 3.65. The van der Waals surface area contributed by atoms with Crippen LogP contribution in [0.4, 0.5) is 4.39 Å². The van der Waals surface area contributed by atoms with Crippen LogP contribution >= 0.6 is 11.3 Å². The Morgan fingerprint density at radius 1 is 1.08 bits per heavy atom. The maximum atomic E-state index is 13.0. The van der Waals surface area contributed by atoms with Gasteiger partial charge in [0.15, 0.2) is 0 Å². The number of benzene rings is 2. The number of nitrogens with one attached hydrogen (secondary N) is 1. The molecule has 0 fully saturated rings. The summed E-state index contributed by atoms with van der Waals surface area (Å²) in [4.78, 5) is 4.73. The Hall–Kier alpha value is -2.09. The largest absolute Gasteiger partial charge is 0.241 e. The molecular formula is C18H17FN2O2S2. The Morgan fingerprint density at radius 2 is 1.76 bits per heavy atom. The van der Waals surface area contributed by atoms with Crippen molar-refractivity contribution in [2.75, 3.05) is 6.54 Å². The van der Waals surface area contributed by atoms with Gasteiger partial charge in [0.2, 0.25) is 10.0 Å². The summed E-state index contributed by atoms with van der Waals surface area (Å²) in [6, 6.07) is 12.9. The predicted octanol–water partition coefficient (Wildman–Crippen LogP) is 3.78. The van der Waals surface area contributed by atoms with E-state index in [0.717, 1.165) is 21.8 Å². The second-order valence-corrected chi connectivity index (χ2v) is 8.24. The van der Waals surface area contributed by atoms with Crippen molar-refractivity contribution in [3.63, 3.8) is 0 Å². The van der Waals surface area contributed by atoms with Crippen LogP contribution in [0, 0.1) is 12.7 Å². The molecule has 1 heterocycles. The van der Waals surface area contributed by atoms with Crippen molar-refractivity contribution >= 4 is 21.4 Å². The minimum absolute atomic E-state index is 0.253. The van der Waals surface area contributed by atoms with Crippen LogP contribution in [0.5, 0.6) is 0 Å². The van der Waals surface area contributed by atoms with Gasteiger partial charge in [-0.05, 0) is 43.3 Å². The van der Waals surface area contributed by atoms with Crippen molar-refractivity contribution in [3.05, 3.63) is 71.0 Å². The minimum Gasteiger partial charge on any atom is -0.241 e. The standard InChI is InChI=1S/C18H17FN2O2S2/c1-13-2-8-17(9-3-13)25(22,23)20-11-10-16-12-24-18(21-16)14-4-6-15(19)7-5-14/h2-9,12,20H,10-11H2,1H3. The van der Waals surface area contributed by atoms with Crippen LogP contribution in [0.15, 0.2) is 58.8 Å². The molecule has 0 aliphatic heterocycles. The van der Waals surface area contributed by atoms with E-state index in [1.54, 1.807) is 36.4 Å². The molecule has 0 saturated carbocycles. The Morgan fingerprint density at radius 3 is 2.44 bits per heavy atom. The van der Waals surface area contributed by atoms with Crippen molar-refractivity contribution in [1.29, 1.82) is 0 Å². The smallest absolute Gasteiger partial charge is 0.240 e. The quantitative estimate of drug-likeness (QED) is 0.712. The zero-order valence-corrected chi connectivity index (χ0v) is 15.2. The monoisotopic (exact) mass is 376 g/mol. The summed E-state index contributed by atoms with van der Waals surface area (Å²) in [6.45, 7) is 2.17. The molecule has 0 aliphatic rings. The van der Waals surface area contributed by atoms with E-state index in [0.29, 0.717) is 6.42 Å². The number of nitrogens with zero attached hydrogens (tertiary/aromatic N) is 1. The molecule has 0 atom stereocenters. The molecule has 0 radical (unpaired) electrons. The molecule has 0 bridgehead atoms. The number of aromatic nitrogens is 1. The number of thiazole rings is 1. The van der Waals surface area contributed by atoms with Crippen molar-refractivity contribution in [2.45, 2.75) is 18.2 Å². The molecule has 0 spiro atoms. The van der Waals surface area contributed by atoms with Gasteiger partial charge >= 0.3 is 0 Å². The van der Waals surface area contributed by atoms with Gasteiger partial charge in [-0.15, -0.1) is 11.3 Å². The lowest BCUT2D eigenvalue weighted by Gasteiger charge is -2.06. The van der Waals surface area contributed by atoms with E-state index in [4.69, 9.17) is 0 Å². The number of halogens is 1. The molecule has 130 valence electrons. The molecule has 0 amide bonds. The highest BCUT2D eigenvalue weighted by Crippen LogP contribution is 2.24. The van der Waals surface area contributed by atoms with Gasteiger partial charge in [0, 0.05) is 23.9 Å². The topological polar surface area (TPSA) is 59.1 Å². The van der Waals surface area contributed by atoms with Gasteiger partial charge in [0.1, 0.15) is 10.8 Å². The molecule has 1 aromatic heterocycles. The molecule has 25 heavy (non-hydrogen) atoms. The van der Waals surface area contributed by atoms with Crippen LogP contribution in [0.2, 0.25) is 0 Å². The summed E-state index contributed by atoms with van der Waals surface area (Å²) in [6.07, 6.45) is 0.489. The molecule has 2 aromatic carbocycles. The lowest BCUT2D eigenvalue weighted by atomic mass is 10.2. The molecular weight excluding hydrogens is 359 g/mol. The van der Waals surface area contributed by atoms with Crippen LogP contribution in [0.3, 0.4) is 0 Å². The maximum Gasteiger partial charge on any atom is 0.240 e. The average Bonchev–Trinajstić information content (AvgIpc) is 3.04. The second-order valence-electron chi connectivity index (χ2n) is 5.61. The van der Waals surface area contributed by atoms with E-state index in [2.05, 4.69) is 9.71 Å². The lowest BCUT2D eigenvalue weighted by Crippen LogP contribution is -2.26. The van der Waals surface area contributed by atoms with Crippen molar-refractivity contribution in [2.24, 2.45) is 0 Å². The summed E-state index contributed by atoms with van der Waals surface area (Å²) in [5.41, 5.74) is 2.66. The highest BCUT2D eigenvalue weighted by atomic mass is 32.2. The van der Waals surface area contributed by atoms with Crippen molar-refractivity contribution < 1.29 is 12.8 Å². The molecule has 3 aromatic rings. The Kier molecular flexibility index (Phi) is 5.27. The summed E-state index contributed by atoms with van der Waals surface area (Å²) in [5.74, 6) is -0.286. The van der Waals surface area contributed by atoms with Gasteiger partial charge in [0.25, 0.3) is 0 Å². The number of rotatable bonds is 6. The van der Waals surface area contributed by atoms with E-state index in [1.807, 2.05) is 12.3 Å². The fourth-order valence-electron chi connectivity index (χ4n) is 2.26. The number of aryl methyl sites for hydroxylation is 1. The van der Waals surface area contributed by atoms with Gasteiger partial charge < -0.3 is 0 Å². The summed E-state index contributed by atoms with van der Waals surface area (Å²) in [7, 11) is -3.51. The van der Waals surface area contributed by atoms with Crippen molar-refractivity contribution in [3.8, 4) is 10.6 Å². The Bertz CT molecular complexity index is 950. The van der Waals surface area contributed by atoms with Gasteiger partial charge in [-0.25, -0.2) is 22.5 Å².